The molecule has 1 fully saturated rings. The summed E-state index contributed by atoms with van der Waals surface area (Å²) in [5, 5.41) is 30.4. The number of carbonyl (C=O) groups excluding carboxylic acids is 2. The largest absolute Gasteiger partial charge is 0.504 e. The number of benzene rings is 2. The van der Waals surface area contributed by atoms with E-state index in [1.165, 1.54) is 50.6 Å². The van der Waals surface area contributed by atoms with Crippen molar-refractivity contribution in [3.63, 3.8) is 0 Å². The topological polar surface area (TPSA) is 123 Å². The van der Waals surface area contributed by atoms with Gasteiger partial charge < -0.3 is 29.5 Å². The van der Waals surface area contributed by atoms with Crippen LogP contribution in [0.1, 0.15) is 15.9 Å². The van der Waals surface area contributed by atoms with Crippen LogP contribution in [0.3, 0.4) is 0 Å². The molecule has 3 rings (SSSR count). The van der Waals surface area contributed by atoms with Crippen molar-refractivity contribution in [2.24, 2.45) is 5.92 Å². The zero-order valence-corrected chi connectivity index (χ0v) is 15.3. The summed E-state index contributed by atoms with van der Waals surface area (Å²) in [6, 6.07) is 8.39. The molecule has 1 heterocycles. The average molecular weight is 388 g/mol. The number of aromatic hydroxyl groups is 2. The van der Waals surface area contributed by atoms with Gasteiger partial charge in [0.25, 0.3) is 0 Å². The first-order chi connectivity index (χ1) is 13.3. The van der Waals surface area contributed by atoms with Crippen molar-refractivity contribution in [1.82, 2.24) is 0 Å². The first-order valence-corrected chi connectivity index (χ1v) is 8.47. The molecule has 0 aliphatic carbocycles. The van der Waals surface area contributed by atoms with Crippen molar-refractivity contribution < 1.29 is 39.1 Å². The highest BCUT2D eigenvalue weighted by atomic mass is 16.6. The molecule has 28 heavy (non-hydrogen) atoms. The Morgan fingerprint density at radius 1 is 1.11 bits per heavy atom. The van der Waals surface area contributed by atoms with Crippen LogP contribution in [0.15, 0.2) is 36.4 Å². The summed E-state index contributed by atoms with van der Waals surface area (Å²) in [7, 11) is 2.72. The molecular weight excluding hydrogens is 368 g/mol. The van der Waals surface area contributed by atoms with Crippen LogP contribution in [0, 0.1) is 5.92 Å². The van der Waals surface area contributed by atoms with Gasteiger partial charge in [-0.15, -0.1) is 0 Å². The molecule has 2 unspecified atom stereocenters. The Morgan fingerprint density at radius 3 is 2.36 bits per heavy atom. The molecule has 0 spiro atoms. The lowest BCUT2D eigenvalue weighted by Gasteiger charge is -2.25. The molecule has 3 N–H and O–H groups in total. The first kappa shape index (κ1) is 19.5. The van der Waals surface area contributed by atoms with Crippen LogP contribution in [0.5, 0.6) is 23.0 Å². The lowest BCUT2D eigenvalue weighted by Crippen LogP contribution is -2.46. The molecule has 0 amide bonds. The van der Waals surface area contributed by atoms with E-state index >= 15 is 0 Å². The summed E-state index contributed by atoms with van der Waals surface area (Å²) in [4.78, 5) is 25.2. The van der Waals surface area contributed by atoms with Gasteiger partial charge >= 0.3 is 5.97 Å². The number of rotatable bonds is 6. The van der Waals surface area contributed by atoms with Crippen molar-refractivity contribution in [1.29, 1.82) is 0 Å². The fourth-order valence-corrected chi connectivity index (χ4v) is 3.23. The number of aliphatic hydroxyl groups is 1. The van der Waals surface area contributed by atoms with E-state index in [9.17, 15) is 24.9 Å². The van der Waals surface area contributed by atoms with Gasteiger partial charge in [0, 0.05) is 12.0 Å². The van der Waals surface area contributed by atoms with Crippen LogP contribution in [-0.4, -0.2) is 53.5 Å². The molecule has 1 aliphatic heterocycles. The lowest BCUT2D eigenvalue weighted by atomic mass is 9.80. The smallest absolute Gasteiger partial charge is 0.339 e. The molecule has 2 aromatic carbocycles. The number of carbonyl (C=O) groups is 2. The number of Topliss-reactive ketones (excluding diaryl/α,β-unsaturated/α-hetero) is 1. The maximum atomic E-state index is 13.0. The van der Waals surface area contributed by atoms with Gasteiger partial charge in [0.1, 0.15) is 6.61 Å². The first-order valence-electron chi connectivity index (χ1n) is 8.47. The monoisotopic (exact) mass is 388 g/mol. The molecule has 2 aromatic rings. The van der Waals surface area contributed by atoms with Crippen molar-refractivity contribution in [3.05, 3.63) is 47.5 Å². The summed E-state index contributed by atoms with van der Waals surface area (Å²) in [6.07, 6.45) is -0.200. The highest BCUT2D eigenvalue weighted by Crippen LogP contribution is 2.36. The van der Waals surface area contributed by atoms with E-state index in [1.807, 2.05) is 0 Å². The van der Waals surface area contributed by atoms with E-state index in [4.69, 9.17) is 14.2 Å². The number of phenolic OH excluding ortho intramolecular Hbond substituents is 2. The maximum absolute atomic E-state index is 13.0. The van der Waals surface area contributed by atoms with E-state index in [2.05, 4.69) is 0 Å². The molecule has 1 aliphatic rings. The average Bonchev–Trinajstić information content (AvgIpc) is 2.97. The van der Waals surface area contributed by atoms with E-state index < -0.39 is 23.3 Å². The second-order valence-corrected chi connectivity index (χ2v) is 6.51. The number of cyclic esters (lactones) is 1. The molecule has 8 heteroatoms. The Labute approximate surface area is 160 Å². The molecule has 0 bridgehead atoms. The fraction of sp³-hybridized carbons (Fsp3) is 0.300. The normalized spacial score (nSPS) is 21.2. The van der Waals surface area contributed by atoms with Crippen LogP contribution in [0.2, 0.25) is 0 Å². The van der Waals surface area contributed by atoms with Crippen LogP contribution < -0.4 is 9.47 Å². The second kappa shape index (κ2) is 7.40. The third-order valence-electron chi connectivity index (χ3n) is 4.81. The van der Waals surface area contributed by atoms with Crippen LogP contribution in [0.4, 0.5) is 0 Å². The van der Waals surface area contributed by atoms with Crippen molar-refractivity contribution >= 4 is 11.8 Å². The van der Waals surface area contributed by atoms with Gasteiger partial charge in [-0.1, -0.05) is 6.07 Å². The third kappa shape index (κ3) is 3.34. The van der Waals surface area contributed by atoms with E-state index in [-0.39, 0.29) is 41.6 Å². The maximum Gasteiger partial charge on any atom is 0.339 e. The van der Waals surface area contributed by atoms with Gasteiger partial charge in [0.15, 0.2) is 34.4 Å². The Bertz CT molecular complexity index is 922. The van der Waals surface area contributed by atoms with Gasteiger partial charge in [-0.2, -0.15) is 0 Å². The van der Waals surface area contributed by atoms with Gasteiger partial charge in [-0.05, 0) is 35.9 Å². The van der Waals surface area contributed by atoms with Gasteiger partial charge in [0.05, 0.1) is 20.1 Å². The summed E-state index contributed by atoms with van der Waals surface area (Å²) < 4.78 is 15.0. The highest BCUT2D eigenvalue weighted by Gasteiger charge is 2.54. The number of ketones is 1. The van der Waals surface area contributed by atoms with Crippen molar-refractivity contribution in [2.45, 2.75) is 12.0 Å². The molecule has 0 saturated carbocycles. The van der Waals surface area contributed by atoms with Crippen molar-refractivity contribution in [3.8, 4) is 23.0 Å². The van der Waals surface area contributed by atoms with E-state index in [0.29, 0.717) is 5.56 Å². The Kier molecular flexibility index (Phi) is 5.15. The van der Waals surface area contributed by atoms with Crippen molar-refractivity contribution in [2.75, 3.05) is 20.8 Å². The highest BCUT2D eigenvalue weighted by molar-refractivity contribution is 6.03. The molecule has 2 atom stereocenters. The predicted octanol–water partition coefficient (Wildman–Crippen LogP) is 1.44. The molecule has 0 radical (unpaired) electrons. The van der Waals surface area contributed by atoms with Crippen LogP contribution in [0.25, 0.3) is 0 Å². The van der Waals surface area contributed by atoms with Gasteiger partial charge in [0.2, 0.25) is 0 Å². The minimum absolute atomic E-state index is 0.0870. The number of methoxy groups -OCH3 is 2. The zero-order chi connectivity index (χ0) is 20.5. The molecule has 1 saturated heterocycles. The molecule has 0 aromatic heterocycles. The minimum atomic E-state index is -2.08. The minimum Gasteiger partial charge on any atom is -0.504 e. The SMILES string of the molecule is COc1cc(CC2(O)C(=O)OCC2C(=O)c2ccc(O)c(OC)c2)ccc1O. The fourth-order valence-electron chi connectivity index (χ4n) is 3.23. The van der Waals surface area contributed by atoms with Crippen LogP contribution in [-0.2, 0) is 16.0 Å². The molecular formula is C20H20O8. The third-order valence-corrected chi connectivity index (χ3v) is 4.81. The quantitative estimate of drug-likeness (QED) is 0.502. The molecule has 148 valence electrons. The van der Waals surface area contributed by atoms with Gasteiger partial charge in [-0.3, -0.25) is 4.79 Å². The number of hydrogen-bond donors (Lipinski definition) is 3. The number of phenols is 2. The zero-order valence-electron chi connectivity index (χ0n) is 15.3. The summed E-state index contributed by atoms with van der Waals surface area (Å²) in [5.74, 6) is -2.50. The van der Waals surface area contributed by atoms with Gasteiger partial charge in [-0.25, -0.2) is 4.79 Å². The van der Waals surface area contributed by atoms with E-state index in [1.54, 1.807) is 0 Å². The number of ether oxygens (including phenoxy) is 3. The lowest BCUT2D eigenvalue weighted by molar-refractivity contribution is -0.153. The van der Waals surface area contributed by atoms with Crippen LogP contribution >= 0.6 is 0 Å². The number of hydrogen-bond acceptors (Lipinski definition) is 8. The summed E-state index contributed by atoms with van der Waals surface area (Å²) in [6.45, 7) is -0.271. The van der Waals surface area contributed by atoms with E-state index in [0.717, 1.165) is 0 Å². The Morgan fingerprint density at radius 2 is 1.71 bits per heavy atom. The number of esters is 1. The summed E-state index contributed by atoms with van der Waals surface area (Å²) >= 11 is 0. The standard InChI is InChI=1S/C20H20O8/c1-26-16-7-11(3-5-14(16)21)9-20(25)13(10-28-19(20)24)18(23)12-4-6-15(22)17(8-12)27-2/h3-8,13,21-22,25H,9-10H2,1-2H3. The Balaban J connectivity index is 1.92. The Hall–Kier alpha value is -3.26. The molecule has 8 nitrogen and oxygen atoms in total. The summed E-state index contributed by atoms with van der Waals surface area (Å²) in [5.41, 5.74) is -1.43. The predicted molar refractivity (Wildman–Crippen MR) is 96.8 cm³/mol. The second-order valence-electron chi connectivity index (χ2n) is 6.51.